The molecule has 0 aliphatic rings. The fraction of sp³-hybridized carbons (Fsp3) is 0.214. The van der Waals surface area contributed by atoms with E-state index in [1.54, 1.807) is 0 Å². The molecule has 2 nitrogen and oxygen atoms in total. The molecule has 16 heavy (non-hydrogen) atoms. The molecule has 1 heterocycles. The Kier molecular flexibility index (Phi) is 2.78. The number of nitrogens with zero attached hydrogens (tertiary/aromatic N) is 2. The zero-order chi connectivity index (χ0) is 11.5. The van der Waals surface area contributed by atoms with Crippen LogP contribution in [0.3, 0.4) is 0 Å². The second-order valence-corrected chi connectivity index (χ2v) is 4.00. The SMILES string of the molecule is C=C(C#N)CCc1cn(C)c2ccccc12. The second-order valence-electron chi connectivity index (χ2n) is 4.00. The summed E-state index contributed by atoms with van der Waals surface area (Å²) in [5, 5.41) is 9.95. The first-order chi connectivity index (χ1) is 7.72. The van der Waals surface area contributed by atoms with Gasteiger partial charge < -0.3 is 4.57 Å². The highest BCUT2D eigenvalue weighted by Crippen LogP contribution is 2.22. The summed E-state index contributed by atoms with van der Waals surface area (Å²) < 4.78 is 2.12. The van der Waals surface area contributed by atoms with Gasteiger partial charge in [-0.05, 0) is 24.5 Å². The molecule has 2 aromatic rings. The first-order valence-corrected chi connectivity index (χ1v) is 5.33. The van der Waals surface area contributed by atoms with Crippen LogP contribution in [0.1, 0.15) is 12.0 Å². The lowest BCUT2D eigenvalue weighted by atomic mass is 10.1. The molecule has 1 aromatic heterocycles. The average molecular weight is 210 g/mol. The maximum absolute atomic E-state index is 8.68. The van der Waals surface area contributed by atoms with E-state index in [1.807, 2.05) is 19.2 Å². The van der Waals surface area contributed by atoms with Crippen molar-refractivity contribution < 1.29 is 0 Å². The monoisotopic (exact) mass is 210 g/mol. The van der Waals surface area contributed by atoms with Crippen molar-refractivity contribution in [3.8, 4) is 6.07 Å². The van der Waals surface area contributed by atoms with Crippen molar-refractivity contribution in [1.82, 2.24) is 4.57 Å². The van der Waals surface area contributed by atoms with Gasteiger partial charge in [-0.25, -0.2) is 0 Å². The quantitative estimate of drug-likeness (QED) is 0.715. The molecule has 0 atom stereocenters. The number of hydrogen-bond acceptors (Lipinski definition) is 1. The van der Waals surface area contributed by atoms with Crippen molar-refractivity contribution in [2.75, 3.05) is 0 Å². The number of aromatic nitrogens is 1. The van der Waals surface area contributed by atoms with Gasteiger partial charge in [0.1, 0.15) is 0 Å². The van der Waals surface area contributed by atoms with Gasteiger partial charge in [0.05, 0.1) is 6.07 Å². The van der Waals surface area contributed by atoms with Crippen LogP contribution in [0, 0.1) is 11.3 Å². The third-order valence-electron chi connectivity index (χ3n) is 2.83. The largest absolute Gasteiger partial charge is 0.350 e. The van der Waals surface area contributed by atoms with Crippen molar-refractivity contribution in [3.63, 3.8) is 0 Å². The van der Waals surface area contributed by atoms with Gasteiger partial charge in [-0.15, -0.1) is 0 Å². The van der Waals surface area contributed by atoms with E-state index in [0.29, 0.717) is 5.57 Å². The molecule has 2 rings (SSSR count). The van der Waals surface area contributed by atoms with Crippen molar-refractivity contribution in [2.45, 2.75) is 12.8 Å². The van der Waals surface area contributed by atoms with Crippen LogP contribution < -0.4 is 0 Å². The summed E-state index contributed by atoms with van der Waals surface area (Å²) in [5.74, 6) is 0. The Morgan fingerprint density at radius 1 is 1.44 bits per heavy atom. The number of fused-ring (bicyclic) bond motifs is 1. The molecule has 0 fully saturated rings. The minimum atomic E-state index is 0.646. The van der Waals surface area contributed by atoms with Gasteiger partial charge >= 0.3 is 0 Å². The Balaban J connectivity index is 2.32. The van der Waals surface area contributed by atoms with E-state index in [2.05, 4.69) is 35.5 Å². The van der Waals surface area contributed by atoms with E-state index in [-0.39, 0.29) is 0 Å². The van der Waals surface area contributed by atoms with E-state index >= 15 is 0 Å². The Morgan fingerprint density at radius 2 is 2.19 bits per heavy atom. The molecule has 0 aliphatic heterocycles. The number of allylic oxidation sites excluding steroid dienone is 1. The molecule has 0 unspecified atom stereocenters. The number of hydrogen-bond donors (Lipinski definition) is 0. The van der Waals surface area contributed by atoms with E-state index < -0.39 is 0 Å². The van der Waals surface area contributed by atoms with E-state index in [0.717, 1.165) is 12.8 Å². The fourth-order valence-electron chi connectivity index (χ4n) is 1.97. The van der Waals surface area contributed by atoms with Gasteiger partial charge in [-0.1, -0.05) is 24.8 Å². The highest BCUT2D eigenvalue weighted by molar-refractivity contribution is 5.83. The summed E-state index contributed by atoms with van der Waals surface area (Å²) in [5.41, 5.74) is 3.17. The van der Waals surface area contributed by atoms with Gasteiger partial charge in [0, 0.05) is 29.7 Å². The molecule has 80 valence electrons. The Bertz CT molecular complexity index is 570. The van der Waals surface area contributed by atoms with Crippen LogP contribution in [0.25, 0.3) is 10.9 Å². The van der Waals surface area contributed by atoms with Crippen LogP contribution in [0.4, 0.5) is 0 Å². The highest BCUT2D eigenvalue weighted by Gasteiger charge is 2.05. The van der Waals surface area contributed by atoms with Gasteiger partial charge in [0.15, 0.2) is 0 Å². The smallest absolute Gasteiger partial charge is 0.0940 e. The van der Waals surface area contributed by atoms with Gasteiger partial charge in [0.2, 0.25) is 0 Å². The van der Waals surface area contributed by atoms with Crippen LogP contribution in [0.2, 0.25) is 0 Å². The summed E-state index contributed by atoms with van der Waals surface area (Å²) in [6.45, 7) is 3.71. The molecule has 2 heteroatoms. The molecule has 0 saturated carbocycles. The van der Waals surface area contributed by atoms with Crippen LogP contribution in [0.15, 0.2) is 42.6 Å². The van der Waals surface area contributed by atoms with Crippen molar-refractivity contribution in [3.05, 3.63) is 48.2 Å². The lowest BCUT2D eigenvalue weighted by Crippen LogP contribution is -1.85. The van der Waals surface area contributed by atoms with E-state index in [9.17, 15) is 0 Å². The van der Waals surface area contributed by atoms with Crippen LogP contribution in [-0.2, 0) is 13.5 Å². The summed E-state index contributed by atoms with van der Waals surface area (Å²) in [7, 11) is 2.05. The second kappa shape index (κ2) is 4.24. The topological polar surface area (TPSA) is 28.7 Å². The average Bonchev–Trinajstić information content (AvgIpc) is 2.64. The maximum Gasteiger partial charge on any atom is 0.0940 e. The fourth-order valence-corrected chi connectivity index (χ4v) is 1.97. The Hall–Kier alpha value is -2.01. The standard InChI is InChI=1S/C14H14N2/c1-11(9-15)7-8-12-10-16(2)14-6-4-3-5-13(12)14/h3-6,10H,1,7-8H2,2H3. The predicted molar refractivity (Wildman–Crippen MR) is 66.0 cm³/mol. The highest BCUT2D eigenvalue weighted by atomic mass is 14.9. The van der Waals surface area contributed by atoms with Crippen LogP contribution in [0.5, 0.6) is 0 Å². The summed E-state index contributed by atoms with van der Waals surface area (Å²) >= 11 is 0. The summed E-state index contributed by atoms with van der Waals surface area (Å²) in [6.07, 6.45) is 3.76. The minimum Gasteiger partial charge on any atom is -0.350 e. The van der Waals surface area contributed by atoms with Crippen molar-refractivity contribution in [1.29, 1.82) is 5.26 Å². The zero-order valence-electron chi connectivity index (χ0n) is 9.40. The first kappa shape index (κ1) is 10.5. The zero-order valence-corrected chi connectivity index (χ0v) is 9.40. The molecule has 0 amide bonds. The molecule has 0 bridgehead atoms. The summed E-state index contributed by atoms with van der Waals surface area (Å²) in [6, 6.07) is 10.4. The number of para-hydroxylation sites is 1. The minimum absolute atomic E-state index is 0.646. The summed E-state index contributed by atoms with van der Waals surface area (Å²) in [4.78, 5) is 0. The maximum atomic E-state index is 8.68. The third-order valence-corrected chi connectivity index (χ3v) is 2.83. The van der Waals surface area contributed by atoms with Crippen molar-refractivity contribution >= 4 is 10.9 Å². The Labute approximate surface area is 95.4 Å². The number of nitriles is 1. The molecular formula is C14H14N2. The van der Waals surface area contributed by atoms with Crippen molar-refractivity contribution in [2.24, 2.45) is 7.05 Å². The molecule has 0 radical (unpaired) electrons. The normalized spacial score (nSPS) is 10.2. The molecule has 0 aliphatic carbocycles. The first-order valence-electron chi connectivity index (χ1n) is 5.33. The molecule has 1 aromatic carbocycles. The van der Waals surface area contributed by atoms with Crippen LogP contribution >= 0.6 is 0 Å². The molecule has 0 spiro atoms. The van der Waals surface area contributed by atoms with Gasteiger partial charge in [-0.2, -0.15) is 5.26 Å². The third kappa shape index (κ3) is 1.85. The number of benzene rings is 1. The van der Waals surface area contributed by atoms with E-state index in [1.165, 1.54) is 16.5 Å². The predicted octanol–water partition coefficient (Wildman–Crippen LogP) is 3.19. The lowest BCUT2D eigenvalue weighted by molar-refractivity contribution is 0.929. The number of aryl methyl sites for hydroxylation is 2. The molecule has 0 saturated heterocycles. The van der Waals surface area contributed by atoms with Crippen LogP contribution in [-0.4, -0.2) is 4.57 Å². The van der Waals surface area contributed by atoms with Gasteiger partial charge in [-0.3, -0.25) is 0 Å². The number of rotatable bonds is 3. The molecule has 0 N–H and O–H groups in total. The van der Waals surface area contributed by atoms with Gasteiger partial charge in [0.25, 0.3) is 0 Å². The Morgan fingerprint density at radius 3 is 2.94 bits per heavy atom. The lowest BCUT2D eigenvalue weighted by Gasteiger charge is -1.97. The van der Waals surface area contributed by atoms with E-state index in [4.69, 9.17) is 5.26 Å². The molecular weight excluding hydrogens is 196 g/mol.